The molecule has 3 unspecified atom stereocenters. The van der Waals surface area contributed by atoms with Crippen molar-refractivity contribution >= 4 is 11.8 Å². The smallest absolute Gasteiger partial charge is 0.126 e. The van der Waals surface area contributed by atoms with E-state index in [-0.39, 0.29) is 0 Å². The summed E-state index contributed by atoms with van der Waals surface area (Å²) in [5, 5.41) is 8.90. The Morgan fingerprint density at radius 1 is 1.73 bits per heavy atom. The predicted octanol–water partition coefficient (Wildman–Crippen LogP) is 1.85. The maximum absolute atomic E-state index is 12.9. The van der Waals surface area contributed by atoms with Crippen LogP contribution in [0, 0.1) is 5.92 Å². The first-order valence-electron chi connectivity index (χ1n) is 4.10. The van der Waals surface area contributed by atoms with Gasteiger partial charge in [-0.2, -0.15) is 11.8 Å². The Balaban J connectivity index is 2.18. The van der Waals surface area contributed by atoms with Gasteiger partial charge in [0.25, 0.3) is 0 Å². The van der Waals surface area contributed by atoms with Crippen molar-refractivity contribution in [3.63, 3.8) is 0 Å². The Morgan fingerprint density at radius 2 is 2.45 bits per heavy atom. The minimum Gasteiger partial charge on any atom is -0.390 e. The van der Waals surface area contributed by atoms with Gasteiger partial charge in [0, 0.05) is 0 Å². The Labute approximate surface area is 71.4 Å². The third-order valence-electron chi connectivity index (χ3n) is 2.11. The number of aliphatic hydroxyl groups excluding tert-OH is 1. The zero-order chi connectivity index (χ0) is 8.27. The SMILES string of the molecule is CC(O)C(F)CC1CCSC1. The molecule has 1 heterocycles. The zero-order valence-electron chi connectivity index (χ0n) is 6.79. The molecule has 1 aliphatic heterocycles. The number of alkyl halides is 1. The molecule has 66 valence electrons. The van der Waals surface area contributed by atoms with Crippen LogP contribution in [-0.2, 0) is 0 Å². The summed E-state index contributed by atoms with van der Waals surface area (Å²) in [5.74, 6) is 2.74. The van der Waals surface area contributed by atoms with E-state index in [1.807, 2.05) is 11.8 Å². The number of thioether (sulfide) groups is 1. The summed E-state index contributed by atoms with van der Waals surface area (Å²) in [4.78, 5) is 0. The van der Waals surface area contributed by atoms with Crippen LogP contribution in [0.3, 0.4) is 0 Å². The molecule has 3 atom stereocenters. The van der Waals surface area contributed by atoms with Crippen LogP contribution in [0.4, 0.5) is 4.39 Å². The van der Waals surface area contributed by atoms with Crippen LogP contribution in [0.15, 0.2) is 0 Å². The van der Waals surface area contributed by atoms with Gasteiger partial charge in [-0.25, -0.2) is 4.39 Å². The second kappa shape index (κ2) is 4.31. The van der Waals surface area contributed by atoms with Gasteiger partial charge < -0.3 is 5.11 Å². The molecule has 1 fully saturated rings. The summed E-state index contributed by atoms with van der Waals surface area (Å²) in [6, 6.07) is 0. The summed E-state index contributed by atoms with van der Waals surface area (Å²) < 4.78 is 12.9. The number of hydrogen-bond donors (Lipinski definition) is 1. The summed E-state index contributed by atoms with van der Waals surface area (Å²) in [7, 11) is 0. The molecular formula is C8H15FOS. The zero-order valence-corrected chi connectivity index (χ0v) is 7.61. The number of aliphatic hydroxyl groups is 1. The van der Waals surface area contributed by atoms with Crippen LogP contribution < -0.4 is 0 Å². The normalized spacial score (nSPS) is 30.3. The van der Waals surface area contributed by atoms with E-state index < -0.39 is 12.3 Å². The Morgan fingerprint density at radius 3 is 2.91 bits per heavy atom. The third kappa shape index (κ3) is 2.99. The highest BCUT2D eigenvalue weighted by Crippen LogP contribution is 2.28. The fraction of sp³-hybridized carbons (Fsp3) is 1.00. The number of hydrogen-bond acceptors (Lipinski definition) is 2. The Hall–Kier alpha value is 0.240. The molecule has 1 saturated heterocycles. The van der Waals surface area contributed by atoms with Gasteiger partial charge in [0.15, 0.2) is 0 Å². The standard InChI is InChI=1S/C8H15FOS/c1-6(10)8(9)4-7-2-3-11-5-7/h6-8,10H,2-5H2,1H3. The molecule has 0 amide bonds. The lowest BCUT2D eigenvalue weighted by molar-refractivity contribution is 0.0788. The van der Waals surface area contributed by atoms with Gasteiger partial charge >= 0.3 is 0 Å². The molecule has 1 aliphatic rings. The first-order chi connectivity index (χ1) is 5.20. The van der Waals surface area contributed by atoms with Crippen molar-refractivity contribution in [2.45, 2.75) is 32.0 Å². The molecule has 1 rings (SSSR count). The second-order valence-corrected chi connectivity index (χ2v) is 4.37. The highest BCUT2D eigenvalue weighted by atomic mass is 32.2. The monoisotopic (exact) mass is 178 g/mol. The van der Waals surface area contributed by atoms with Gasteiger partial charge in [-0.05, 0) is 37.2 Å². The average molecular weight is 178 g/mol. The van der Waals surface area contributed by atoms with E-state index in [9.17, 15) is 4.39 Å². The molecule has 0 aromatic heterocycles. The van der Waals surface area contributed by atoms with Crippen LogP contribution in [0.2, 0.25) is 0 Å². The van der Waals surface area contributed by atoms with Gasteiger partial charge in [0.2, 0.25) is 0 Å². The van der Waals surface area contributed by atoms with Crippen LogP contribution >= 0.6 is 11.8 Å². The molecule has 0 saturated carbocycles. The van der Waals surface area contributed by atoms with Crippen molar-refractivity contribution in [3.8, 4) is 0 Å². The fourth-order valence-electron chi connectivity index (χ4n) is 1.28. The lowest BCUT2D eigenvalue weighted by atomic mass is 10.00. The molecule has 11 heavy (non-hydrogen) atoms. The molecule has 0 bridgehead atoms. The third-order valence-corrected chi connectivity index (χ3v) is 3.34. The van der Waals surface area contributed by atoms with E-state index in [0.29, 0.717) is 12.3 Å². The first kappa shape index (κ1) is 9.33. The molecule has 1 nitrogen and oxygen atoms in total. The molecular weight excluding hydrogens is 163 g/mol. The Bertz CT molecular complexity index is 113. The molecule has 0 aliphatic carbocycles. The molecule has 0 spiro atoms. The van der Waals surface area contributed by atoms with Crippen LogP contribution in [-0.4, -0.2) is 28.9 Å². The maximum atomic E-state index is 12.9. The fourth-order valence-corrected chi connectivity index (χ4v) is 2.59. The molecule has 0 aromatic carbocycles. The van der Waals surface area contributed by atoms with E-state index >= 15 is 0 Å². The number of rotatable bonds is 3. The predicted molar refractivity (Wildman–Crippen MR) is 46.6 cm³/mol. The van der Waals surface area contributed by atoms with Crippen molar-refractivity contribution in [2.75, 3.05) is 11.5 Å². The minimum atomic E-state index is -1.02. The lowest BCUT2D eigenvalue weighted by Crippen LogP contribution is -2.21. The van der Waals surface area contributed by atoms with E-state index in [0.717, 1.165) is 17.9 Å². The van der Waals surface area contributed by atoms with Gasteiger partial charge in [-0.1, -0.05) is 0 Å². The topological polar surface area (TPSA) is 20.2 Å². The highest BCUT2D eigenvalue weighted by molar-refractivity contribution is 7.99. The summed E-state index contributed by atoms with van der Waals surface area (Å²) in [6.07, 6.45) is -0.137. The van der Waals surface area contributed by atoms with Gasteiger partial charge in [0.1, 0.15) is 6.17 Å². The van der Waals surface area contributed by atoms with Crippen molar-refractivity contribution in [1.29, 1.82) is 0 Å². The van der Waals surface area contributed by atoms with E-state index in [1.54, 1.807) is 0 Å². The van der Waals surface area contributed by atoms with Crippen molar-refractivity contribution in [1.82, 2.24) is 0 Å². The van der Waals surface area contributed by atoms with E-state index in [1.165, 1.54) is 6.92 Å². The van der Waals surface area contributed by atoms with Crippen molar-refractivity contribution in [2.24, 2.45) is 5.92 Å². The molecule has 0 aromatic rings. The van der Waals surface area contributed by atoms with Gasteiger partial charge in [0.05, 0.1) is 6.10 Å². The summed E-state index contributed by atoms with van der Waals surface area (Å²) >= 11 is 1.89. The van der Waals surface area contributed by atoms with E-state index in [2.05, 4.69) is 0 Å². The lowest BCUT2D eigenvalue weighted by Gasteiger charge is -2.14. The second-order valence-electron chi connectivity index (χ2n) is 3.22. The quantitative estimate of drug-likeness (QED) is 0.711. The van der Waals surface area contributed by atoms with Crippen molar-refractivity contribution in [3.05, 3.63) is 0 Å². The highest BCUT2D eigenvalue weighted by Gasteiger charge is 2.22. The number of halogens is 1. The van der Waals surface area contributed by atoms with Crippen LogP contribution in [0.25, 0.3) is 0 Å². The molecule has 1 N–H and O–H groups in total. The van der Waals surface area contributed by atoms with Crippen LogP contribution in [0.5, 0.6) is 0 Å². The van der Waals surface area contributed by atoms with Crippen molar-refractivity contribution < 1.29 is 9.50 Å². The van der Waals surface area contributed by atoms with Gasteiger partial charge in [-0.3, -0.25) is 0 Å². The molecule has 0 radical (unpaired) electrons. The summed E-state index contributed by atoms with van der Waals surface area (Å²) in [6.45, 7) is 1.52. The first-order valence-corrected chi connectivity index (χ1v) is 5.25. The Kier molecular flexibility index (Phi) is 3.66. The van der Waals surface area contributed by atoms with Crippen LogP contribution in [0.1, 0.15) is 19.8 Å². The maximum Gasteiger partial charge on any atom is 0.126 e. The van der Waals surface area contributed by atoms with E-state index in [4.69, 9.17) is 5.11 Å². The summed E-state index contributed by atoms with van der Waals surface area (Å²) in [5.41, 5.74) is 0. The largest absolute Gasteiger partial charge is 0.390 e. The average Bonchev–Trinajstić information content (AvgIpc) is 2.39. The minimum absolute atomic E-state index is 0.504. The van der Waals surface area contributed by atoms with Gasteiger partial charge in [-0.15, -0.1) is 0 Å². The molecule has 3 heteroatoms.